The molecular formula is C24H37NO5S2. The van der Waals surface area contributed by atoms with Gasteiger partial charge in [0.15, 0.2) is 0 Å². The van der Waals surface area contributed by atoms with Crippen LogP contribution in [0.15, 0.2) is 35.2 Å². The predicted octanol–water partition coefficient (Wildman–Crippen LogP) is 4.84. The van der Waals surface area contributed by atoms with Crippen LogP contribution in [0, 0.1) is 5.41 Å². The first-order valence-electron chi connectivity index (χ1n) is 11.1. The van der Waals surface area contributed by atoms with E-state index in [9.17, 15) is 13.5 Å². The highest BCUT2D eigenvalue weighted by atomic mass is 32.2. The molecule has 2 rings (SSSR count). The Labute approximate surface area is 196 Å². The summed E-state index contributed by atoms with van der Waals surface area (Å²) in [5.74, 6) is 1.01. The second-order valence-electron chi connectivity index (χ2n) is 9.01. The average molecular weight is 484 g/mol. The summed E-state index contributed by atoms with van der Waals surface area (Å²) in [6.45, 7) is 10.4. The Morgan fingerprint density at radius 1 is 1.12 bits per heavy atom. The van der Waals surface area contributed by atoms with Crippen molar-refractivity contribution >= 4 is 21.5 Å². The minimum Gasteiger partial charge on any atom is -0.491 e. The van der Waals surface area contributed by atoms with Gasteiger partial charge in [-0.15, -0.1) is 11.3 Å². The van der Waals surface area contributed by atoms with Crippen LogP contribution < -0.4 is 10.5 Å². The predicted molar refractivity (Wildman–Crippen MR) is 130 cm³/mol. The lowest BCUT2D eigenvalue weighted by atomic mass is 9.90. The fourth-order valence-electron chi connectivity index (χ4n) is 3.19. The van der Waals surface area contributed by atoms with Crippen LogP contribution >= 0.6 is 11.3 Å². The zero-order valence-electron chi connectivity index (χ0n) is 19.8. The minimum absolute atomic E-state index is 0.0468. The highest BCUT2D eigenvalue weighted by Gasteiger charge is 2.23. The van der Waals surface area contributed by atoms with Gasteiger partial charge in [-0.05, 0) is 54.5 Å². The summed E-state index contributed by atoms with van der Waals surface area (Å²) in [6, 6.07) is 8.68. The summed E-state index contributed by atoms with van der Waals surface area (Å²) in [5.41, 5.74) is 6.03. The van der Waals surface area contributed by atoms with Crippen molar-refractivity contribution in [3.63, 3.8) is 0 Å². The standard InChI is InChI=1S/C24H37NO5S2/c1-6-17(7-2)22-11-8-19(31-22)12-13-30-32(27,28)20-9-10-21(18(14-20)15-25)29-16-23(26)24(3,4)5/h8-11,14,17,23,26H,6-7,12-13,15-16,25H2,1-5H3. The molecule has 1 heterocycles. The Bertz CT molecular complexity index is 959. The van der Waals surface area contributed by atoms with Crippen LogP contribution in [0.1, 0.15) is 68.7 Å². The number of benzene rings is 1. The molecule has 1 aromatic carbocycles. The summed E-state index contributed by atoms with van der Waals surface area (Å²) in [7, 11) is -3.91. The van der Waals surface area contributed by atoms with Crippen molar-refractivity contribution in [1.29, 1.82) is 0 Å². The molecule has 0 radical (unpaired) electrons. The molecule has 0 aliphatic heterocycles. The molecule has 1 aromatic heterocycles. The van der Waals surface area contributed by atoms with Crippen molar-refractivity contribution < 1.29 is 22.4 Å². The number of aliphatic hydroxyl groups excluding tert-OH is 1. The second-order valence-corrected chi connectivity index (χ2v) is 11.8. The van der Waals surface area contributed by atoms with Gasteiger partial charge in [-0.2, -0.15) is 8.42 Å². The first kappa shape index (κ1) is 26.8. The molecule has 0 amide bonds. The molecule has 32 heavy (non-hydrogen) atoms. The minimum atomic E-state index is -3.91. The third-order valence-electron chi connectivity index (χ3n) is 5.59. The lowest BCUT2D eigenvalue weighted by Crippen LogP contribution is -2.32. The van der Waals surface area contributed by atoms with E-state index in [4.69, 9.17) is 14.7 Å². The van der Waals surface area contributed by atoms with Gasteiger partial charge in [-0.1, -0.05) is 34.6 Å². The zero-order chi connectivity index (χ0) is 23.9. The van der Waals surface area contributed by atoms with E-state index in [1.165, 1.54) is 17.0 Å². The van der Waals surface area contributed by atoms with Gasteiger partial charge in [0.1, 0.15) is 12.4 Å². The van der Waals surface area contributed by atoms with Crippen molar-refractivity contribution in [1.82, 2.24) is 0 Å². The van der Waals surface area contributed by atoms with Gasteiger partial charge in [0.05, 0.1) is 17.6 Å². The monoisotopic (exact) mass is 483 g/mol. The smallest absolute Gasteiger partial charge is 0.296 e. The summed E-state index contributed by atoms with van der Waals surface area (Å²) in [6.07, 6.45) is 2.07. The number of thiophene rings is 1. The van der Waals surface area contributed by atoms with E-state index in [2.05, 4.69) is 26.0 Å². The molecule has 0 saturated carbocycles. The third-order valence-corrected chi connectivity index (χ3v) is 8.21. The van der Waals surface area contributed by atoms with E-state index < -0.39 is 16.2 Å². The maximum atomic E-state index is 12.7. The first-order chi connectivity index (χ1) is 15.0. The number of hydrogen-bond donors (Lipinski definition) is 2. The molecule has 2 aromatic rings. The van der Waals surface area contributed by atoms with Crippen LogP contribution in [0.5, 0.6) is 5.75 Å². The number of nitrogens with two attached hydrogens (primary N) is 1. The number of ether oxygens (including phenoxy) is 1. The SMILES string of the molecule is CCC(CC)c1ccc(CCOS(=O)(=O)c2ccc(OCC(O)C(C)(C)C)c(CN)c2)s1. The number of aliphatic hydroxyl groups is 1. The van der Waals surface area contributed by atoms with Gasteiger partial charge in [-0.25, -0.2) is 0 Å². The lowest BCUT2D eigenvalue weighted by molar-refractivity contribution is 0.0215. The maximum absolute atomic E-state index is 12.7. The molecular weight excluding hydrogens is 446 g/mol. The molecule has 6 nitrogen and oxygen atoms in total. The van der Waals surface area contributed by atoms with Crippen LogP contribution in [0.4, 0.5) is 0 Å². The molecule has 180 valence electrons. The van der Waals surface area contributed by atoms with E-state index in [1.54, 1.807) is 17.4 Å². The maximum Gasteiger partial charge on any atom is 0.296 e. The quantitative estimate of drug-likeness (QED) is 0.419. The van der Waals surface area contributed by atoms with Crippen LogP contribution in [-0.2, 0) is 27.3 Å². The Morgan fingerprint density at radius 2 is 1.81 bits per heavy atom. The van der Waals surface area contributed by atoms with Crippen LogP contribution in [0.2, 0.25) is 0 Å². The fraction of sp³-hybridized carbons (Fsp3) is 0.583. The van der Waals surface area contributed by atoms with E-state index in [0.717, 1.165) is 17.7 Å². The molecule has 0 fully saturated rings. The number of hydrogen-bond acceptors (Lipinski definition) is 7. The highest BCUT2D eigenvalue weighted by Crippen LogP contribution is 2.30. The van der Waals surface area contributed by atoms with Crippen molar-refractivity contribution in [3.8, 4) is 5.75 Å². The molecule has 0 saturated heterocycles. The van der Waals surface area contributed by atoms with Crippen LogP contribution in [0.3, 0.4) is 0 Å². The topological polar surface area (TPSA) is 98.9 Å². The normalized spacial score (nSPS) is 13.5. The average Bonchev–Trinajstić information content (AvgIpc) is 3.20. The molecule has 3 N–H and O–H groups in total. The van der Waals surface area contributed by atoms with E-state index in [1.807, 2.05) is 20.8 Å². The highest BCUT2D eigenvalue weighted by molar-refractivity contribution is 7.86. The van der Waals surface area contributed by atoms with Gasteiger partial charge < -0.3 is 15.6 Å². The molecule has 0 aliphatic rings. The third kappa shape index (κ3) is 7.28. The molecule has 8 heteroatoms. The molecule has 1 unspecified atom stereocenters. The Kier molecular flexibility index (Phi) is 9.72. The Balaban J connectivity index is 2.01. The molecule has 0 aliphatic carbocycles. The molecule has 1 atom stereocenters. The fourth-order valence-corrected chi connectivity index (χ4v) is 5.41. The van der Waals surface area contributed by atoms with E-state index in [0.29, 0.717) is 23.7 Å². The van der Waals surface area contributed by atoms with Crippen LogP contribution in [0.25, 0.3) is 0 Å². The van der Waals surface area contributed by atoms with Gasteiger partial charge in [0, 0.05) is 28.3 Å². The summed E-state index contributed by atoms with van der Waals surface area (Å²) >= 11 is 1.73. The van der Waals surface area contributed by atoms with Crippen molar-refractivity contribution in [3.05, 3.63) is 45.6 Å². The Hall–Kier alpha value is -1.45. The summed E-state index contributed by atoms with van der Waals surface area (Å²) in [4.78, 5) is 2.50. The van der Waals surface area contributed by atoms with Gasteiger partial charge >= 0.3 is 0 Å². The van der Waals surface area contributed by atoms with Crippen LogP contribution in [-0.4, -0.2) is 32.8 Å². The van der Waals surface area contributed by atoms with Gasteiger partial charge in [0.2, 0.25) is 0 Å². The Morgan fingerprint density at radius 3 is 2.41 bits per heavy atom. The first-order valence-corrected chi connectivity index (χ1v) is 13.4. The van der Waals surface area contributed by atoms with Gasteiger partial charge in [0.25, 0.3) is 10.1 Å². The second kappa shape index (κ2) is 11.6. The molecule has 0 spiro atoms. The van der Waals surface area contributed by atoms with E-state index >= 15 is 0 Å². The largest absolute Gasteiger partial charge is 0.491 e. The number of rotatable bonds is 12. The van der Waals surface area contributed by atoms with Crippen molar-refractivity contribution in [2.45, 2.75) is 77.3 Å². The lowest BCUT2D eigenvalue weighted by Gasteiger charge is -2.26. The molecule has 0 bridgehead atoms. The summed E-state index contributed by atoms with van der Waals surface area (Å²) < 4.78 is 36.3. The van der Waals surface area contributed by atoms with Crippen molar-refractivity contribution in [2.75, 3.05) is 13.2 Å². The van der Waals surface area contributed by atoms with Crippen molar-refractivity contribution in [2.24, 2.45) is 11.1 Å². The van der Waals surface area contributed by atoms with Gasteiger partial charge in [-0.3, -0.25) is 4.18 Å². The zero-order valence-corrected chi connectivity index (χ0v) is 21.4. The summed E-state index contributed by atoms with van der Waals surface area (Å²) in [5, 5.41) is 10.2. The van der Waals surface area contributed by atoms with E-state index in [-0.39, 0.29) is 30.1 Å².